The van der Waals surface area contributed by atoms with Crippen molar-refractivity contribution in [1.82, 2.24) is 5.32 Å². The summed E-state index contributed by atoms with van der Waals surface area (Å²) < 4.78 is 5.00. The van der Waals surface area contributed by atoms with E-state index in [0.717, 1.165) is 0 Å². The first-order chi connectivity index (χ1) is 7.72. The molecule has 1 unspecified atom stereocenters. The van der Waals surface area contributed by atoms with Crippen molar-refractivity contribution in [2.45, 2.75) is 25.9 Å². The zero-order valence-corrected chi connectivity index (χ0v) is 9.35. The molecule has 0 bridgehead atoms. The average Bonchev–Trinajstić information content (AvgIpc) is 2.30. The largest absolute Gasteiger partial charge is 0.412 e. The molecule has 1 atom stereocenters. The van der Waals surface area contributed by atoms with Gasteiger partial charge in [0.05, 0.1) is 6.10 Å². The first kappa shape index (κ1) is 12.5. The van der Waals surface area contributed by atoms with Gasteiger partial charge in [-0.1, -0.05) is 25.1 Å². The van der Waals surface area contributed by atoms with E-state index in [1.165, 1.54) is 0 Å². The van der Waals surface area contributed by atoms with E-state index in [0.29, 0.717) is 25.1 Å². The molecule has 88 valence electrons. The van der Waals surface area contributed by atoms with Crippen LogP contribution < -0.4 is 10.1 Å². The summed E-state index contributed by atoms with van der Waals surface area (Å²) in [6, 6.07) is 8.86. The van der Waals surface area contributed by atoms with Crippen LogP contribution in [0.15, 0.2) is 30.3 Å². The Bertz CT molecular complexity index is 313. The van der Waals surface area contributed by atoms with E-state index in [9.17, 15) is 9.90 Å². The second-order valence-corrected chi connectivity index (χ2v) is 3.48. The molecule has 0 aromatic heterocycles. The Labute approximate surface area is 95.2 Å². The molecule has 1 aromatic rings. The van der Waals surface area contributed by atoms with Crippen molar-refractivity contribution in [2.75, 3.05) is 6.54 Å². The fraction of sp³-hybridized carbons (Fsp3) is 0.417. The second-order valence-electron chi connectivity index (χ2n) is 3.48. The lowest BCUT2D eigenvalue weighted by atomic mass is 10.2. The lowest BCUT2D eigenvalue weighted by molar-refractivity contribution is 0.157. The highest BCUT2D eigenvalue weighted by Gasteiger charge is 2.05. The van der Waals surface area contributed by atoms with Gasteiger partial charge >= 0.3 is 6.09 Å². The number of benzene rings is 1. The molecule has 1 aromatic carbocycles. The number of aliphatic hydroxyl groups is 1. The predicted molar refractivity (Wildman–Crippen MR) is 61.4 cm³/mol. The Morgan fingerprint density at radius 1 is 1.44 bits per heavy atom. The standard InChI is InChI=1S/C12H17NO3/c1-2-10(14)8-9-13-12(15)16-11-6-4-3-5-7-11/h3-7,10,14H,2,8-9H2,1H3,(H,13,15). The van der Waals surface area contributed by atoms with Crippen LogP contribution in [0.5, 0.6) is 5.75 Å². The monoisotopic (exact) mass is 223 g/mol. The SMILES string of the molecule is CCC(O)CCNC(=O)Oc1ccccc1. The van der Waals surface area contributed by atoms with Gasteiger partial charge in [-0.05, 0) is 25.0 Å². The smallest absolute Gasteiger partial charge is 0.410 e. The van der Waals surface area contributed by atoms with Crippen molar-refractivity contribution in [3.05, 3.63) is 30.3 Å². The minimum atomic E-state index is -0.491. The highest BCUT2D eigenvalue weighted by molar-refractivity contribution is 5.70. The molecule has 1 rings (SSSR count). The van der Waals surface area contributed by atoms with E-state index < -0.39 is 6.09 Å². The summed E-state index contributed by atoms with van der Waals surface area (Å²) in [5.74, 6) is 0.510. The Morgan fingerprint density at radius 2 is 2.12 bits per heavy atom. The number of carbonyl (C=O) groups is 1. The van der Waals surface area contributed by atoms with Crippen LogP contribution in [0.25, 0.3) is 0 Å². The van der Waals surface area contributed by atoms with Gasteiger partial charge in [0.2, 0.25) is 0 Å². The van der Waals surface area contributed by atoms with Gasteiger partial charge in [0.15, 0.2) is 0 Å². The van der Waals surface area contributed by atoms with E-state index in [4.69, 9.17) is 4.74 Å². The van der Waals surface area contributed by atoms with E-state index in [-0.39, 0.29) is 6.10 Å². The lowest BCUT2D eigenvalue weighted by Crippen LogP contribution is -2.29. The van der Waals surface area contributed by atoms with E-state index in [1.807, 2.05) is 13.0 Å². The molecular weight excluding hydrogens is 206 g/mol. The number of hydrogen-bond donors (Lipinski definition) is 2. The van der Waals surface area contributed by atoms with Gasteiger partial charge in [-0.25, -0.2) is 4.79 Å². The summed E-state index contributed by atoms with van der Waals surface area (Å²) in [5, 5.41) is 11.8. The van der Waals surface area contributed by atoms with Crippen LogP contribution in [0.4, 0.5) is 4.79 Å². The van der Waals surface area contributed by atoms with Crippen molar-refractivity contribution in [3.63, 3.8) is 0 Å². The molecule has 0 aliphatic heterocycles. The summed E-state index contributed by atoms with van der Waals surface area (Å²) >= 11 is 0. The Hall–Kier alpha value is -1.55. The van der Waals surface area contributed by atoms with Gasteiger partial charge in [-0.2, -0.15) is 0 Å². The molecule has 4 heteroatoms. The number of amides is 1. The van der Waals surface area contributed by atoms with Crippen LogP contribution in [0.3, 0.4) is 0 Å². The minimum Gasteiger partial charge on any atom is -0.410 e. The number of para-hydroxylation sites is 1. The van der Waals surface area contributed by atoms with Crippen LogP contribution in [-0.2, 0) is 0 Å². The molecule has 0 spiro atoms. The third-order valence-corrected chi connectivity index (χ3v) is 2.17. The van der Waals surface area contributed by atoms with Crippen LogP contribution in [0.2, 0.25) is 0 Å². The topological polar surface area (TPSA) is 58.6 Å². The zero-order chi connectivity index (χ0) is 11.8. The Balaban J connectivity index is 2.21. The van der Waals surface area contributed by atoms with E-state index in [1.54, 1.807) is 24.3 Å². The normalized spacial score (nSPS) is 11.9. The molecular formula is C12H17NO3. The van der Waals surface area contributed by atoms with Crippen LogP contribution in [-0.4, -0.2) is 23.8 Å². The van der Waals surface area contributed by atoms with Crippen LogP contribution >= 0.6 is 0 Å². The van der Waals surface area contributed by atoms with E-state index >= 15 is 0 Å². The fourth-order valence-corrected chi connectivity index (χ4v) is 1.18. The summed E-state index contributed by atoms with van der Waals surface area (Å²) in [4.78, 5) is 11.3. The Kier molecular flexibility index (Phi) is 5.36. The molecule has 0 heterocycles. The molecule has 2 N–H and O–H groups in total. The predicted octanol–water partition coefficient (Wildman–Crippen LogP) is 1.94. The maximum Gasteiger partial charge on any atom is 0.412 e. The fourth-order valence-electron chi connectivity index (χ4n) is 1.18. The molecule has 4 nitrogen and oxygen atoms in total. The van der Waals surface area contributed by atoms with Gasteiger partial charge in [0, 0.05) is 6.54 Å². The third kappa shape index (κ3) is 4.79. The second kappa shape index (κ2) is 6.85. The number of rotatable bonds is 5. The minimum absolute atomic E-state index is 0.364. The summed E-state index contributed by atoms with van der Waals surface area (Å²) in [6.45, 7) is 2.31. The van der Waals surface area contributed by atoms with Crippen molar-refractivity contribution in [2.24, 2.45) is 0 Å². The molecule has 0 fully saturated rings. The molecule has 0 aliphatic rings. The van der Waals surface area contributed by atoms with Crippen molar-refractivity contribution < 1.29 is 14.6 Å². The molecule has 0 saturated carbocycles. The van der Waals surface area contributed by atoms with Crippen LogP contribution in [0.1, 0.15) is 19.8 Å². The number of carbonyl (C=O) groups excluding carboxylic acids is 1. The summed E-state index contributed by atoms with van der Waals surface area (Å²) in [6.07, 6.45) is 0.377. The maximum absolute atomic E-state index is 11.3. The van der Waals surface area contributed by atoms with Crippen molar-refractivity contribution in [3.8, 4) is 5.75 Å². The molecule has 0 saturated heterocycles. The van der Waals surface area contributed by atoms with Gasteiger partial charge in [-0.15, -0.1) is 0 Å². The zero-order valence-electron chi connectivity index (χ0n) is 9.35. The highest BCUT2D eigenvalue weighted by atomic mass is 16.6. The maximum atomic E-state index is 11.3. The van der Waals surface area contributed by atoms with Gasteiger partial charge in [-0.3, -0.25) is 0 Å². The lowest BCUT2D eigenvalue weighted by Gasteiger charge is -2.09. The number of nitrogens with one attached hydrogen (secondary N) is 1. The van der Waals surface area contributed by atoms with E-state index in [2.05, 4.69) is 5.32 Å². The van der Waals surface area contributed by atoms with Crippen molar-refractivity contribution >= 4 is 6.09 Å². The third-order valence-electron chi connectivity index (χ3n) is 2.17. The number of aliphatic hydroxyl groups excluding tert-OH is 1. The first-order valence-corrected chi connectivity index (χ1v) is 5.41. The molecule has 0 aliphatic carbocycles. The van der Waals surface area contributed by atoms with Gasteiger partial charge in [0.25, 0.3) is 0 Å². The first-order valence-electron chi connectivity index (χ1n) is 5.41. The van der Waals surface area contributed by atoms with Crippen LogP contribution in [0, 0.1) is 0 Å². The highest BCUT2D eigenvalue weighted by Crippen LogP contribution is 2.08. The summed E-state index contributed by atoms with van der Waals surface area (Å²) in [5.41, 5.74) is 0. The van der Waals surface area contributed by atoms with Gasteiger partial charge < -0.3 is 15.2 Å². The van der Waals surface area contributed by atoms with Crippen molar-refractivity contribution in [1.29, 1.82) is 0 Å². The van der Waals surface area contributed by atoms with Gasteiger partial charge in [0.1, 0.15) is 5.75 Å². The molecule has 16 heavy (non-hydrogen) atoms. The quantitative estimate of drug-likeness (QED) is 0.802. The average molecular weight is 223 g/mol. The molecule has 0 radical (unpaired) electrons. The Morgan fingerprint density at radius 3 is 2.75 bits per heavy atom. The number of hydrogen-bond acceptors (Lipinski definition) is 3. The molecule has 1 amide bonds. The number of ether oxygens (including phenoxy) is 1. The summed E-state index contributed by atoms with van der Waals surface area (Å²) in [7, 11) is 0.